The molecule has 5 rings (SSSR count). The SMILES string of the molecule is CC1(C)CC(=O)C2=C(C1)Nc1nc(SCc3ccccc3)nn1C2c1ccc(Cl)c(Cl)c1. The standard InChI is InChI=1S/C24H22Cl2N4OS/c1-24(2)11-18-20(19(31)12-24)21(15-8-9-16(25)17(26)10-15)30-22(27-18)28-23(29-30)32-13-14-6-4-3-5-7-14/h3-10,21H,11-13H2,1-2H3,(H,27,28,29). The molecule has 5 nitrogen and oxygen atoms in total. The Morgan fingerprint density at radius 2 is 1.91 bits per heavy atom. The number of carbonyl (C=O) groups excluding carboxylic acids is 1. The number of nitrogens with one attached hydrogen (secondary N) is 1. The molecule has 1 unspecified atom stereocenters. The maximum atomic E-state index is 13.3. The van der Waals surface area contributed by atoms with Crippen LogP contribution in [0.3, 0.4) is 0 Å². The topological polar surface area (TPSA) is 59.8 Å². The summed E-state index contributed by atoms with van der Waals surface area (Å²) in [6.45, 7) is 4.23. The first-order valence-corrected chi connectivity index (χ1v) is 12.2. The second-order valence-electron chi connectivity index (χ2n) is 8.97. The largest absolute Gasteiger partial charge is 0.328 e. The van der Waals surface area contributed by atoms with Crippen LogP contribution < -0.4 is 5.32 Å². The van der Waals surface area contributed by atoms with Gasteiger partial charge in [-0.05, 0) is 35.1 Å². The number of rotatable bonds is 4. The van der Waals surface area contributed by atoms with Gasteiger partial charge in [0.15, 0.2) is 5.78 Å². The predicted molar refractivity (Wildman–Crippen MR) is 129 cm³/mol. The second-order valence-corrected chi connectivity index (χ2v) is 10.7. The molecule has 1 atom stereocenters. The van der Waals surface area contributed by atoms with Crippen molar-refractivity contribution >= 4 is 46.7 Å². The fourth-order valence-corrected chi connectivity index (χ4v) is 5.45. The Labute approximate surface area is 201 Å². The number of thioether (sulfide) groups is 1. The number of fused-ring (bicyclic) bond motifs is 1. The van der Waals surface area contributed by atoms with E-state index in [0.717, 1.165) is 29.0 Å². The molecule has 0 spiro atoms. The number of allylic oxidation sites excluding steroid dienone is 2. The summed E-state index contributed by atoms with van der Waals surface area (Å²) < 4.78 is 1.81. The molecule has 3 aromatic rings. The van der Waals surface area contributed by atoms with Gasteiger partial charge in [0.1, 0.15) is 6.04 Å². The summed E-state index contributed by atoms with van der Waals surface area (Å²) in [4.78, 5) is 18.0. The van der Waals surface area contributed by atoms with Crippen LogP contribution in [0.15, 0.2) is 65.0 Å². The summed E-state index contributed by atoms with van der Waals surface area (Å²) >= 11 is 14.1. The normalized spacial score (nSPS) is 19.4. The van der Waals surface area contributed by atoms with Gasteiger partial charge in [-0.2, -0.15) is 4.98 Å². The van der Waals surface area contributed by atoms with Crippen LogP contribution in [0, 0.1) is 5.41 Å². The van der Waals surface area contributed by atoms with E-state index in [4.69, 9.17) is 33.3 Å². The van der Waals surface area contributed by atoms with Gasteiger partial charge in [0, 0.05) is 23.4 Å². The Bertz CT molecular complexity index is 1240. The smallest absolute Gasteiger partial charge is 0.227 e. The highest BCUT2D eigenvalue weighted by Gasteiger charge is 2.42. The Balaban J connectivity index is 1.56. The minimum absolute atomic E-state index is 0.113. The molecule has 8 heteroatoms. The van der Waals surface area contributed by atoms with E-state index in [-0.39, 0.29) is 11.2 Å². The monoisotopic (exact) mass is 484 g/mol. The van der Waals surface area contributed by atoms with Gasteiger partial charge >= 0.3 is 0 Å². The lowest BCUT2D eigenvalue weighted by molar-refractivity contribution is -0.118. The van der Waals surface area contributed by atoms with Crippen LogP contribution in [0.5, 0.6) is 0 Å². The third-order valence-corrected chi connectivity index (χ3v) is 7.43. The highest BCUT2D eigenvalue weighted by Crippen LogP contribution is 2.46. The van der Waals surface area contributed by atoms with Crippen LogP contribution in [0.25, 0.3) is 0 Å². The summed E-state index contributed by atoms with van der Waals surface area (Å²) in [5, 5.41) is 9.78. The van der Waals surface area contributed by atoms with Gasteiger partial charge in [0.25, 0.3) is 0 Å². The van der Waals surface area contributed by atoms with E-state index in [1.807, 2.05) is 35.0 Å². The van der Waals surface area contributed by atoms with E-state index in [0.29, 0.717) is 27.6 Å². The highest BCUT2D eigenvalue weighted by molar-refractivity contribution is 7.98. The number of halogens is 2. The minimum Gasteiger partial charge on any atom is -0.328 e. The Hall–Kier alpha value is -2.28. The van der Waals surface area contributed by atoms with Crippen LogP contribution in [0.2, 0.25) is 10.0 Å². The molecule has 1 N–H and O–H groups in total. The van der Waals surface area contributed by atoms with Crippen molar-refractivity contribution < 1.29 is 4.79 Å². The molecule has 0 saturated carbocycles. The quantitative estimate of drug-likeness (QED) is 0.426. The molecule has 1 aliphatic carbocycles. The third-order valence-electron chi connectivity index (χ3n) is 5.78. The summed E-state index contributed by atoms with van der Waals surface area (Å²) in [5.41, 5.74) is 3.61. The van der Waals surface area contributed by atoms with Gasteiger partial charge in [-0.1, -0.05) is 85.2 Å². The summed E-state index contributed by atoms with van der Waals surface area (Å²) in [6, 6.07) is 15.3. The van der Waals surface area contributed by atoms with Gasteiger partial charge in [-0.25, -0.2) is 4.68 Å². The van der Waals surface area contributed by atoms with Gasteiger partial charge in [0.2, 0.25) is 11.1 Å². The lowest BCUT2D eigenvalue weighted by Gasteiger charge is -2.38. The number of nitrogens with zero attached hydrogens (tertiary/aromatic N) is 3. The van der Waals surface area contributed by atoms with Crippen LogP contribution in [-0.4, -0.2) is 20.5 Å². The molecule has 2 aliphatic rings. The molecule has 0 radical (unpaired) electrons. The molecule has 1 aromatic heterocycles. The maximum Gasteiger partial charge on any atom is 0.227 e. The molecule has 0 saturated heterocycles. The van der Waals surface area contributed by atoms with Crippen molar-refractivity contribution in [2.75, 3.05) is 5.32 Å². The van der Waals surface area contributed by atoms with Crippen LogP contribution in [0.1, 0.15) is 43.9 Å². The van der Waals surface area contributed by atoms with Gasteiger partial charge in [-0.3, -0.25) is 4.79 Å². The minimum atomic E-state index is -0.391. The maximum absolute atomic E-state index is 13.3. The molecule has 0 bridgehead atoms. The highest BCUT2D eigenvalue weighted by atomic mass is 35.5. The van der Waals surface area contributed by atoms with Gasteiger partial charge in [0.05, 0.1) is 10.0 Å². The number of aromatic nitrogens is 3. The van der Waals surface area contributed by atoms with Gasteiger partial charge in [-0.15, -0.1) is 5.10 Å². The number of hydrogen-bond donors (Lipinski definition) is 1. The fraction of sp³-hybridized carbons (Fsp3) is 0.292. The summed E-state index contributed by atoms with van der Waals surface area (Å²) in [6.07, 6.45) is 1.26. The Morgan fingerprint density at radius 3 is 2.66 bits per heavy atom. The first-order chi connectivity index (χ1) is 15.3. The van der Waals surface area contributed by atoms with Crippen molar-refractivity contribution in [3.05, 3.63) is 81.0 Å². The molecule has 2 heterocycles. The number of benzene rings is 2. The summed E-state index contributed by atoms with van der Waals surface area (Å²) in [7, 11) is 0. The first kappa shape index (κ1) is 21.6. The molecule has 0 fully saturated rings. The number of hydrogen-bond acceptors (Lipinski definition) is 5. The zero-order valence-electron chi connectivity index (χ0n) is 17.7. The first-order valence-electron chi connectivity index (χ1n) is 10.4. The zero-order chi connectivity index (χ0) is 22.5. The molecular formula is C24H22Cl2N4OS. The average molecular weight is 485 g/mol. The zero-order valence-corrected chi connectivity index (χ0v) is 20.1. The second kappa shape index (κ2) is 8.25. The van der Waals surface area contributed by atoms with Crippen molar-refractivity contribution in [1.29, 1.82) is 0 Å². The lowest BCUT2D eigenvalue weighted by atomic mass is 9.73. The number of anilines is 1. The number of carbonyl (C=O) groups is 1. The van der Waals surface area contributed by atoms with Crippen molar-refractivity contribution in [2.24, 2.45) is 5.41 Å². The van der Waals surface area contributed by atoms with Crippen LogP contribution >= 0.6 is 35.0 Å². The fourth-order valence-electron chi connectivity index (χ4n) is 4.36. The van der Waals surface area contributed by atoms with E-state index < -0.39 is 6.04 Å². The lowest BCUT2D eigenvalue weighted by Crippen LogP contribution is -2.36. The molecule has 164 valence electrons. The van der Waals surface area contributed by atoms with E-state index >= 15 is 0 Å². The van der Waals surface area contributed by atoms with Gasteiger partial charge < -0.3 is 5.32 Å². The van der Waals surface area contributed by atoms with E-state index in [1.165, 1.54) is 5.56 Å². The predicted octanol–water partition coefficient (Wildman–Crippen LogP) is 6.54. The number of Topliss-reactive ketones (excluding diaryl/α,β-unsaturated/α-hetero) is 1. The van der Waals surface area contributed by atoms with E-state index in [2.05, 4.69) is 31.3 Å². The molecular weight excluding hydrogens is 463 g/mol. The summed E-state index contributed by atoms with van der Waals surface area (Å²) in [5.74, 6) is 1.53. The Kier molecular flexibility index (Phi) is 5.56. The van der Waals surface area contributed by atoms with E-state index in [1.54, 1.807) is 17.8 Å². The van der Waals surface area contributed by atoms with Crippen molar-refractivity contribution in [3.8, 4) is 0 Å². The molecule has 0 amide bonds. The third kappa shape index (κ3) is 4.07. The van der Waals surface area contributed by atoms with E-state index in [9.17, 15) is 4.79 Å². The molecule has 32 heavy (non-hydrogen) atoms. The van der Waals surface area contributed by atoms with Crippen molar-refractivity contribution in [2.45, 2.75) is 43.6 Å². The number of ketones is 1. The van der Waals surface area contributed by atoms with Crippen molar-refractivity contribution in [1.82, 2.24) is 14.8 Å². The Morgan fingerprint density at radius 1 is 1.12 bits per heavy atom. The van der Waals surface area contributed by atoms with Crippen LogP contribution in [-0.2, 0) is 10.5 Å². The van der Waals surface area contributed by atoms with Crippen molar-refractivity contribution in [3.63, 3.8) is 0 Å². The van der Waals surface area contributed by atoms with Crippen LogP contribution in [0.4, 0.5) is 5.95 Å². The molecule has 1 aliphatic heterocycles. The average Bonchev–Trinajstić information content (AvgIpc) is 3.15. The molecule has 2 aromatic carbocycles.